The van der Waals surface area contributed by atoms with Gasteiger partial charge < -0.3 is 16.0 Å². The average molecular weight is 492 g/mol. The average Bonchev–Trinajstić information content (AvgIpc) is 2.85. The maximum atomic E-state index is 12.3. The topological polar surface area (TPSA) is 147 Å². The minimum Gasteiger partial charge on any atom is -0.325 e. The van der Waals surface area contributed by atoms with Crippen molar-refractivity contribution in [2.75, 3.05) is 30.8 Å². The normalized spacial score (nSPS) is 11.3. The number of hydrogen-bond acceptors (Lipinski definition) is 10. The van der Waals surface area contributed by atoms with E-state index in [0.29, 0.717) is 47.9 Å². The van der Waals surface area contributed by atoms with Gasteiger partial charge in [-0.15, -0.1) is 0 Å². The number of sulfonamides is 1. The minimum absolute atomic E-state index is 0.179. The molecule has 0 unspecified atom stereocenters. The molecule has 4 rings (SSSR count). The second kappa shape index (κ2) is 11.0. The van der Waals surface area contributed by atoms with E-state index < -0.39 is 10.0 Å². The highest BCUT2D eigenvalue weighted by Crippen LogP contribution is 2.20. The summed E-state index contributed by atoms with van der Waals surface area (Å²) in [5.74, 6) is 1.93. The third kappa shape index (κ3) is 6.53. The van der Waals surface area contributed by atoms with Gasteiger partial charge >= 0.3 is 0 Å². The first-order valence-electron chi connectivity index (χ1n) is 10.8. The maximum absolute atomic E-state index is 12.3. The van der Waals surface area contributed by atoms with Crippen LogP contribution in [0.4, 0.5) is 23.3 Å². The number of pyridine rings is 1. The number of aromatic nitrogens is 5. The molecular formula is C23H25N9O2S. The molecule has 35 heavy (non-hydrogen) atoms. The molecule has 0 aliphatic rings. The monoisotopic (exact) mass is 491 g/mol. The van der Waals surface area contributed by atoms with Crippen molar-refractivity contribution in [2.24, 2.45) is 0 Å². The van der Waals surface area contributed by atoms with Crippen LogP contribution in [0.3, 0.4) is 0 Å². The fourth-order valence-electron chi connectivity index (χ4n) is 3.08. The molecule has 180 valence electrons. The van der Waals surface area contributed by atoms with Gasteiger partial charge in [0, 0.05) is 36.9 Å². The van der Waals surface area contributed by atoms with E-state index in [4.69, 9.17) is 0 Å². The first-order chi connectivity index (χ1) is 16.9. The summed E-state index contributed by atoms with van der Waals surface area (Å²) in [6.45, 7) is 2.76. The predicted molar refractivity (Wildman–Crippen MR) is 134 cm³/mol. The molecule has 0 radical (unpaired) electrons. The number of benzene rings is 1. The summed E-state index contributed by atoms with van der Waals surface area (Å²) in [6, 6.07) is 15.5. The van der Waals surface area contributed by atoms with Crippen molar-refractivity contribution < 1.29 is 8.42 Å². The van der Waals surface area contributed by atoms with Crippen molar-refractivity contribution in [2.45, 2.75) is 11.8 Å². The summed E-state index contributed by atoms with van der Waals surface area (Å²) in [5, 5.41) is 9.11. The van der Waals surface area contributed by atoms with Gasteiger partial charge in [0.15, 0.2) is 5.82 Å². The number of hydrogen-bond donors (Lipinski definition) is 4. The lowest BCUT2D eigenvalue weighted by molar-refractivity contribution is 0.579. The summed E-state index contributed by atoms with van der Waals surface area (Å²) >= 11 is 0. The number of nitrogens with zero attached hydrogens (tertiary/aromatic N) is 5. The fraction of sp³-hybridized carbons (Fsp3) is 0.174. The van der Waals surface area contributed by atoms with Crippen LogP contribution in [0.1, 0.15) is 5.69 Å². The molecule has 4 aromatic rings. The third-order valence-corrected chi connectivity index (χ3v) is 6.25. The summed E-state index contributed by atoms with van der Waals surface area (Å²) < 4.78 is 27.2. The number of likely N-dealkylation sites (N-methyl/N-ethyl adjacent to an activating group) is 1. The third-order valence-electron chi connectivity index (χ3n) is 4.77. The molecule has 0 bridgehead atoms. The van der Waals surface area contributed by atoms with E-state index in [9.17, 15) is 8.42 Å². The van der Waals surface area contributed by atoms with Crippen LogP contribution in [0.25, 0.3) is 11.5 Å². The molecule has 1 aromatic carbocycles. The zero-order valence-electron chi connectivity index (χ0n) is 19.2. The SMILES string of the molecule is CNCCNS(=O)(=O)c1ccc(Nc2nccc(Nc3ccnc(-c4cccc(C)n4)n3)n2)cc1. The van der Waals surface area contributed by atoms with E-state index in [2.05, 4.69) is 45.6 Å². The van der Waals surface area contributed by atoms with E-state index in [1.165, 1.54) is 12.1 Å². The van der Waals surface area contributed by atoms with Crippen molar-refractivity contribution in [3.05, 3.63) is 72.7 Å². The Kier molecular flexibility index (Phi) is 7.55. The summed E-state index contributed by atoms with van der Waals surface area (Å²) in [7, 11) is -1.81. The smallest absolute Gasteiger partial charge is 0.240 e. The Hall–Kier alpha value is -4.00. The van der Waals surface area contributed by atoms with Crippen LogP contribution < -0.4 is 20.7 Å². The van der Waals surface area contributed by atoms with Crippen LogP contribution in [-0.2, 0) is 10.0 Å². The molecule has 0 fully saturated rings. The van der Waals surface area contributed by atoms with E-state index in [1.54, 1.807) is 43.7 Å². The molecule has 11 nitrogen and oxygen atoms in total. The highest BCUT2D eigenvalue weighted by Gasteiger charge is 2.13. The molecule has 0 amide bonds. The zero-order chi connectivity index (χ0) is 24.7. The molecule has 0 saturated carbocycles. The number of nitrogens with one attached hydrogen (secondary N) is 4. The fourth-order valence-corrected chi connectivity index (χ4v) is 4.11. The number of aryl methyl sites for hydroxylation is 1. The Morgan fingerprint density at radius 3 is 2.29 bits per heavy atom. The van der Waals surface area contributed by atoms with E-state index >= 15 is 0 Å². The second-order valence-corrected chi connectivity index (χ2v) is 9.24. The van der Waals surface area contributed by atoms with Gasteiger partial charge in [0.1, 0.15) is 17.3 Å². The van der Waals surface area contributed by atoms with Crippen molar-refractivity contribution in [3.8, 4) is 11.5 Å². The highest BCUT2D eigenvalue weighted by molar-refractivity contribution is 7.89. The van der Waals surface area contributed by atoms with Crippen LogP contribution in [-0.4, -0.2) is 53.5 Å². The molecule has 0 atom stereocenters. The van der Waals surface area contributed by atoms with Gasteiger partial charge in [-0.3, -0.25) is 0 Å². The van der Waals surface area contributed by atoms with Gasteiger partial charge in [-0.05, 0) is 62.5 Å². The maximum Gasteiger partial charge on any atom is 0.240 e. The van der Waals surface area contributed by atoms with Crippen LogP contribution >= 0.6 is 0 Å². The Morgan fingerprint density at radius 2 is 1.54 bits per heavy atom. The van der Waals surface area contributed by atoms with Crippen molar-refractivity contribution in [3.63, 3.8) is 0 Å². The lowest BCUT2D eigenvalue weighted by Crippen LogP contribution is -2.30. The quantitative estimate of drug-likeness (QED) is 0.244. The van der Waals surface area contributed by atoms with Gasteiger partial charge in [0.05, 0.1) is 4.90 Å². The van der Waals surface area contributed by atoms with Crippen molar-refractivity contribution >= 4 is 33.3 Å². The Balaban J connectivity index is 1.44. The van der Waals surface area contributed by atoms with Gasteiger partial charge in [-0.2, -0.15) is 4.98 Å². The molecule has 0 aliphatic heterocycles. The predicted octanol–water partition coefficient (Wildman–Crippen LogP) is 2.62. The van der Waals surface area contributed by atoms with Crippen LogP contribution in [0.5, 0.6) is 0 Å². The molecule has 0 aliphatic carbocycles. The van der Waals surface area contributed by atoms with E-state index in [-0.39, 0.29) is 4.90 Å². The first-order valence-corrected chi connectivity index (χ1v) is 12.3. The number of rotatable bonds is 10. The zero-order valence-corrected chi connectivity index (χ0v) is 20.0. The number of anilines is 4. The van der Waals surface area contributed by atoms with Gasteiger partial charge in [0.2, 0.25) is 16.0 Å². The summed E-state index contributed by atoms with van der Waals surface area (Å²) in [4.78, 5) is 22.1. The van der Waals surface area contributed by atoms with Gasteiger partial charge in [0.25, 0.3) is 0 Å². The van der Waals surface area contributed by atoms with Crippen LogP contribution in [0, 0.1) is 6.92 Å². The van der Waals surface area contributed by atoms with E-state index in [1.807, 2.05) is 25.1 Å². The van der Waals surface area contributed by atoms with E-state index in [0.717, 1.165) is 5.69 Å². The van der Waals surface area contributed by atoms with Crippen LogP contribution in [0.15, 0.2) is 71.9 Å². The van der Waals surface area contributed by atoms with Gasteiger partial charge in [-0.1, -0.05) is 6.07 Å². The minimum atomic E-state index is -3.57. The molecule has 3 heterocycles. The lowest BCUT2D eigenvalue weighted by atomic mass is 10.3. The first kappa shape index (κ1) is 24.1. The highest BCUT2D eigenvalue weighted by atomic mass is 32.2. The van der Waals surface area contributed by atoms with Gasteiger partial charge in [-0.25, -0.2) is 33.1 Å². The van der Waals surface area contributed by atoms with Crippen molar-refractivity contribution in [1.82, 2.24) is 35.0 Å². The molecule has 0 spiro atoms. The lowest BCUT2D eigenvalue weighted by Gasteiger charge is -2.10. The largest absolute Gasteiger partial charge is 0.325 e. The second-order valence-electron chi connectivity index (χ2n) is 7.47. The molecule has 0 saturated heterocycles. The standard InChI is InChI=1S/C23H25N9O2S/c1-16-4-3-5-19(28-16)22-25-12-10-20(31-22)30-21-11-13-26-23(32-21)29-17-6-8-18(9-7-17)35(33,34)27-15-14-24-2/h3-13,24,27H,14-15H2,1-2H3,(H2,25,26,29,30,31,32). The van der Waals surface area contributed by atoms with Crippen molar-refractivity contribution in [1.29, 1.82) is 0 Å². The molecule has 3 aromatic heterocycles. The van der Waals surface area contributed by atoms with Crippen LogP contribution in [0.2, 0.25) is 0 Å². The summed E-state index contributed by atoms with van der Waals surface area (Å²) in [5.41, 5.74) is 2.21. The Morgan fingerprint density at radius 1 is 0.800 bits per heavy atom. The molecule has 4 N–H and O–H groups in total. The summed E-state index contributed by atoms with van der Waals surface area (Å²) in [6.07, 6.45) is 3.25. The Labute approximate surface area is 203 Å². The Bertz CT molecular complexity index is 1400. The molecule has 12 heteroatoms. The molecular weight excluding hydrogens is 466 g/mol.